The van der Waals surface area contributed by atoms with Crippen molar-refractivity contribution in [1.29, 1.82) is 0 Å². The van der Waals surface area contributed by atoms with Gasteiger partial charge < -0.3 is 4.74 Å². The minimum Gasteiger partial charge on any atom is -0.459 e. The third-order valence-electron chi connectivity index (χ3n) is 2.59. The molecule has 7 heteroatoms. The summed E-state index contributed by atoms with van der Waals surface area (Å²) >= 11 is 1.52. The third-order valence-corrected chi connectivity index (χ3v) is 3.64. The van der Waals surface area contributed by atoms with Crippen LogP contribution in [0.15, 0.2) is 5.38 Å². The van der Waals surface area contributed by atoms with E-state index in [1.54, 1.807) is 0 Å². The summed E-state index contributed by atoms with van der Waals surface area (Å²) in [7, 11) is 0. The highest BCUT2D eigenvalue weighted by Gasteiger charge is 2.54. The van der Waals surface area contributed by atoms with E-state index in [-0.39, 0.29) is 6.61 Å². The van der Waals surface area contributed by atoms with E-state index in [0.29, 0.717) is 12.1 Å². The fourth-order valence-electron chi connectivity index (χ4n) is 1.50. The quantitative estimate of drug-likeness (QED) is 0.452. The number of hydrogen-bond acceptors (Lipinski definition) is 6. The number of nitro groups is 1. The van der Waals surface area contributed by atoms with Crippen LogP contribution >= 0.6 is 11.3 Å². The lowest BCUT2D eigenvalue weighted by Gasteiger charge is -2.00. The molecule has 0 radical (unpaired) electrons. The lowest BCUT2D eigenvalue weighted by atomic mass is 10.4. The van der Waals surface area contributed by atoms with E-state index in [1.165, 1.54) is 11.3 Å². The van der Waals surface area contributed by atoms with Crippen molar-refractivity contribution in [1.82, 2.24) is 4.98 Å². The fraction of sp³-hybridized carbons (Fsp3) is 0.600. The Labute approximate surface area is 102 Å². The molecule has 17 heavy (non-hydrogen) atoms. The zero-order valence-electron chi connectivity index (χ0n) is 9.29. The molecule has 0 saturated heterocycles. The van der Waals surface area contributed by atoms with Gasteiger partial charge >= 0.3 is 5.97 Å². The first-order valence-electron chi connectivity index (χ1n) is 5.35. The summed E-state index contributed by atoms with van der Waals surface area (Å²) in [6.45, 7) is 2.11. The van der Waals surface area contributed by atoms with Crippen LogP contribution in [0.2, 0.25) is 0 Å². The van der Waals surface area contributed by atoms with Gasteiger partial charge in [0, 0.05) is 16.7 Å². The van der Waals surface area contributed by atoms with Gasteiger partial charge in [0.2, 0.25) is 6.04 Å². The van der Waals surface area contributed by atoms with Crippen LogP contribution in [0.25, 0.3) is 0 Å². The topological polar surface area (TPSA) is 82.3 Å². The molecule has 1 aliphatic rings. The van der Waals surface area contributed by atoms with E-state index < -0.39 is 22.9 Å². The average molecular weight is 256 g/mol. The molecule has 6 nitrogen and oxygen atoms in total. The summed E-state index contributed by atoms with van der Waals surface area (Å²) in [5.74, 6) is -1.05. The van der Waals surface area contributed by atoms with Crippen LogP contribution < -0.4 is 0 Å². The van der Waals surface area contributed by atoms with Gasteiger partial charge in [-0.3, -0.25) is 14.9 Å². The van der Waals surface area contributed by atoms with Crippen LogP contribution in [0.3, 0.4) is 0 Å². The smallest absolute Gasteiger partial charge is 0.316 e. The van der Waals surface area contributed by atoms with Gasteiger partial charge in [-0.05, 0) is 6.42 Å². The summed E-state index contributed by atoms with van der Waals surface area (Å²) in [5.41, 5.74) is 0.707. The number of esters is 1. The highest BCUT2D eigenvalue weighted by atomic mass is 32.1. The van der Waals surface area contributed by atoms with Crippen molar-refractivity contribution in [3.05, 3.63) is 26.2 Å². The SMILES string of the molecule is CCc1nc(COC(=O)C2CC2[N+](=O)[O-])cs1. The van der Waals surface area contributed by atoms with Gasteiger partial charge in [0.1, 0.15) is 12.5 Å². The molecule has 2 rings (SSSR count). The summed E-state index contributed by atoms with van der Waals surface area (Å²) in [6, 6.07) is -0.746. The van der Waals surface area contributed by atoms with Gasteiger partial charge in [-0.25, -0.2) is 4.98 Å². The van der Waals surface area contributed by atoms with Crippen LogP contribution in [0.5, 0.6) is 0 Å². The highest BCUT2D eigenvalue weighted by molar-refractivity contribution is 7.09. The number of aryl methyl sites for hydroxylation is 1. The Bertz CT molecular complexity index is 445. The number of hydrogen-bond donors (Lipinski definition) is 0. The fourth-order valence-corrected chi connectivity index (χ4v) is 2.23. The number of carbonyl (C=O) groups excluding carboxylic acids is 1. The number of carbonyl (C=O) groups is 1. The Balaban J connectivity index is 1.79. The van der Waals surface area contributed by atoms with Crippen molar-refractivity contribution < 1.29 is 14.5 Å². The maximum Gasteiger partial charge on any atom is 0.316 e. The van der Waals surface area contributed by atoms with E-state index in [0.717, 1.165) is 11.4 Å². The molecule has 1 aromatic rings. The molecule has 0 aromatic carbocycles. The van der Waals surface area contributed by atoms with Gasteiger partial charge in [-0.1, -0.05) is 6.92 Å². The molecule has 1 heterocycles. The molecular weight excluding hydrogens is 244 g/mol. The van der Waals surface area contributed by atoms with Crippen molar-refractivity contribution >= 4 is 17.3 Å². The van der Waals surface area contributed by atoms with Crippen molar-refractivity contribution in [2.45, 2.75) is 32.4 Å². The van der Waals surface area contributed by atoms with Crippen LogP contribution in [-0.4, -0.2) is 21.9 Å². The average Bonchev–Trinajstić information content (AvgIpc) is 2.99. The monoisotopic (exact) mass is 256 g/mol. The van der Waals surface area contributed by atoms with Gasteiger partial charge in [-0.15, -0.1) is 11.3 Å². The van der Waals surface area contributed by atoms with Crippen LogP contribution in [0.1, 0.15) is 24.0 Å². The molecule has 2 unspecified atom stereocenters. The minimum atomic E-state index is -0.746. The van der Waals surface area contributed by atoms with Crippen molar-refractivity contribution in [2.75, 3.05) is 0 Å². The van der Waals surface area contributed by atoms with Crippen LogP contribution in [0, 0.1) is 16.0 Å². The second kappa shape index (κ2) is 4.79. The second-order valence-corrected chi connectivity index (χ2v) is 4.83. The van der Waals surface area contributed by atoms with E-state index in [4.69, 9.17) is 4.74 Å². The van der Waals surface area contributed by atoms with Crippen LogP contribution in [-0.2, 0) is 22.6 Å². The maximum atomic E-state index is 11.4. The summed E-state index contributed by atoms with van der Waals surface area (Å²) < 4.78 is 4.99. The number of rotatable bonds is 5. The number of nitrogens with zero attached hydrogens (tertiary/aromatic N) is 2. The first-order valence-corrected chi connectivity index (χ1v) is 6.23. The molecule has 2 atom stereocenters. The number of aromatic nitrogens is 1. The Kier molecular flexibility index (Phi) is 3.37. The molecule has 0 bridgehead atoms. The number of thiazole rings is 1. The predicted molar refractivity (Wildman–Crippen MR) is 60.2 cm³/mol. The van der Waals surface area contributed by atoms with E-state index in [9.17, 15) is 14.9 Å². The van der Waals surface area contributed by atoms with Crippen molar-refractivity contribution in [2.24, 2.45) is 5.92 Å². The zero-order chi connectivity index (χ0) is 12.4. The van der Waals surface area contributed by atoms with Crippen LogP contribution in [0.4, 0.5) is 0 Å². The maximum absolute atomic E-state index is 11.4. The molecule has 0 aliphatic heterocycles. The summed E-state index contributed by atoms with van der Waals surface area (Å²) in [6.07, 6.45) is 1.15. The highest BCUT2D eigenvalue weighted by Crippen LogP contribution is 2.34. The summed E-state index contributed by atoms with van der Waals surface area (Å²) in [4.78, 5) is 25.6. The molecular formula is C10H12N2O4S. The molecule has 0 amide bonds. The molecule has 1 fully saturated rings. The number of ether oxygens (including phenoxy) is 1. The van der Waals surface area contributed by atoms with Gasteiger partial charge in [0.05, 0.1) is 10.7 Å². The molecule has 1 saturated carbocycles. The molecule has 92 valence electrons. The first kappa shape index (κ1) is 12.0. The minimum absolute atomic E-state index is 0.107. The Hall–Kier alpha value is -1.50. The second-order valence-electron chi connectivity index (χ2n) is 3.89. The van der Waals surface area contributed by atoms with E-state index in [2.05, 4.69) is 4.98 Å². The molecule has 0 spiro atoms. The summed E-state index contributed by atoms with van der Waals surface area (Å²) in [5, 5.41) is 13.2. The van der Waals surface area contributed by atoms with Gasteiger partial charge in [0.25, 0.3) is 0 Å². The molecule has 0 N–H and O–H groups in total. The third kappa shape index (κ3) is 2.79. The van der Waals surface area contributed by atoms with E-state index >= 15 is 0 Å². The zero-order valence-corrected chi connectivity index (χ0v) is 10.1. The Morgan fingerprint density at radius 2 is 2.53 bits per heavy atom. The van der Waals surface area contributed by atoms with Crippen molar-refractivity contribution in [3.63, 3.8) is 0 Å². The van der Waals surface area contributed by atoms with Gasteiger partial charge in [-0.2, -0.15) is 0 Å². The first-order chi connectivity index (χ1) is 8.11. The van der Waals surface area contributed by atoms with Crippen molar-refractivity contribution in [3.8, 4) is 0 Å². The molecule has 1 aromatic heterocycles. The predicted octanol–water partition coefficient (Wildman–Crippen LogP) is 1.41. The standard InChI is InChI=1S/C10H12N2O4S/c1-2-9-11-6(5-17-9)4-16-10(13)7-3-8(7)12(14)15/h5,7-8H,2-4H2,1H3. The van der Waals surface area contributed by atoms with E-state index in [1.807, 2.05) is 12.3 Å². The Morgan fingerprint density at radius 3 is 3.06 bits per heavy atom. The lowest BCUT2D eigenvalue weighted by molar-refractivity contribution is -0.497. The Morgan fingerprint density at radius 1 is 1.76 bits per heavy atom. The normalized spacial score (nSPS) is 22.2. The lowest BCUT2D eigenvalue weighted by Crippen LogP contribution is -2.13. The molecule has 1 aliphatic carbocycles. The largest absolute Gasteiger partial charge is 0.459 e. The van der Waals surface area contributed by atoms with Gasteiger partial charge in [0.15, 0.2) is 0 Å².